The zero-order valence-electron chi connectivity index (χ0n) is 14.8. The Hall–Kier alpha value is -2.73. The van der Waals surface area contributed by atoms with E-state index in [4.69, 9.17) is 0 Å². The molecule has 1 atom stereocenters. The number of fused-ring (bicyclic) bond motifs is 1. The van der Waals surface area contributed by atoms with Crippen molar-refractivity contribution >= 4 is 17.5 Å². The summed E-state index contributed by atoms with van der Waals surface area (Å²) in [5, 5.41) is 0. The summed E-state index contributed by atoms with van der Waals surface area (Å²) in [5.41, 5.74) is 2.23. The maximum atomic E-state index is 12.5. The highest BCUT2D eigenvalue weighted by molar-refractivity contribution is 6.21. The average molecular weight is 350 g/mol. The van der Waals surface area contributed by atoms with Crippen LogP contribution in [0.5, 0.6) is 0 Å². The minimum Gasteiger partial charge on any atom is -0.369 e. The van der Waals surface area contributed by atoms with Crippen molar-refractivity contribution in [2.75, 3.05) is 37.6 Å². The van der Waals surface area contributed by atoms with Crippen LogP contribution in [-0.4, -0.2) is 65.4 Å². The smallest absolute Gasteiger partial charge is 0.261 e. The molecule has 2 aliphatic heterocycles. The van der Waals surface area contributed by atoms with Gasteiger partial charge in [0.15, 0.2) is 0 Å². The molecule has 0 radical (unpaired) electrons. The van der Waals surface area contributed by atoms with Crippen LogP contribution in [0.1, 0.15) is 27.6 Å². The monoisotopic (exact) mass is 350 g/mol. The van der Waals surface area contributed by atoms with Gasteiger partial charge in [-0.25, -0.2) is 0 Å². The van der Waals surface area contributed by atoms with Crippen LogP contribution in [0, 0.1) is 0 Å². The van der Waals surface area contributed by atoms with Crippen molar-refractivity contribution in [3.8, 4) is 0 Å². The predicted molar refractivity (Wildman–Crippen MR) is 99.3 cm³/mol. The zero-order valence-corrected chi connectivity index (χ0v) is 14.8. The Labute approximate surface area is 153 Å². The van der Waals surface area contributed by atoms with Gasteiger partial charge < -0.3 is 4.90 Å². The van der Waals surface area contributed by atoms with Crippen molar-refractivity contribution in [1.29, 1.82) is 0 Å². The van der Waals surface area contributed by atoms with E-state index in [-0.39, 0.29) is 17.9 Å². The van der Waals surface area contributed by atoms with E-state index in [0.29, 0.717) is 17.7 Å². The molecule has 0 aliphatic carbocycles. The highest BCUT2D eigenvalue weighted by atomic mass is 16.2. The lowest BCUT2D eigenvalue weighted by molar-refractivity contribution is 0.0593. The summed E-state index contributed by atoms with van der Waals surface area (Å²) in [6, 6.07) is 11.2. The predicted octanol–water partition coefficient (Wildman–Crippen LogP) is 1.89. The molecule has 0 bridgehead atoms. The fourth-order valence-electron chi connectivity index (χ4n) is 3.76. The number of benzene rings is 1. The fraction of sp³-hybridized carbons (Fsp3) is 0.350. The lowest BCUT2D eigenvalue weighted by Crippen LogP contribution is -2.53. The summed E-state index contributed by atoms with van der Waals surface area (Å²) < 4.78 is 0. The maximum Gasteiger partial charge on any atom is 0.261 e. The second-order valence-electron chi connectivity index (χ2n) is 6.84. The van der Waals surface area contributed by atoms with E-state index in [9.17, 15) is 9.59 Å². The van der Waals surface area contributed by atoms with Gasteiger partial charge in [-0.05, 0) is 31.2 Å². The molecule has 6 heteroatoms. The number of aromatic nitrogens is 1. The van der Waals surface area contributed by atoms with Gasteiger partial charge in [0.1, 0.15) is 0 Å². The molecule has 3 heterocycles. The molecule has 2 amide bonds. The van der Waals surface area contributed by atoms with Gasteiger partial charge in [0.25, 0.3) is 11.8 Å². The molecule has 6 nitrogen and oxygen atoms in total. The topological polar surface area (TPSA) is 56.8 Å². The van der Waals surface area contributed by atoms with E-state index < -0.39 is 0 Å². The molecule has 1 aromatic heterocycles. The number of amides is 2. The lowest BCUT2D eigenvalue weighted by atomic mass is 10.1. The number of imide groups is 1. The van der Waals surface area contributed by atoms with Crippen LogP contribution in [0.25, 0.3) is 0 Å². The van der Waals surface area contributed by atoms with Gasteiger partial charge in [-0.15, -0.1) is 0 Å². The number of piperazine rings is 1. The van der Waals surface area contributed by atoms with Crippen molar-refractivity contribution in [2.24, 2.45) is 0 Å². The second-order valence-corrected chi connectivity index (χ2v) is 6.84. The number of hydrogen-bond donors (Lipinski definition) is 0. The van der Waals surface area contributed by atoms with Gasteiger partial charge in [0, 0.05) is 56.8 Å². The molecule has 1 aromatic carbocycles. The minimum atomic E-state index is -0.173. The summed E-state index contributed by atoms with van der Waals surface area (Å²) in [6.45, 7) is 6.19. The van der Waals surface area contributed by atoms with Gasteiger partial charge in [0.2, 0.25) is 0 Å². The highest BCUT2D eigenvalue weighted by Gasteiger charge is 2.36. The number of carbonyl (C=O) groups excluding carboxylic acids is 2. The lowest BCUT2D eigenvalue weighted by Gasteiger charge is -2.39. The third-order valence-electron chi connectivity index (χ3n) is 5.29. The standard InChI is InChI=1S/C20H22N4O2/c1-15(14-24-19(25)17-4-2-3-5-18(17)20(24)26)22-10-12-23(13-11-22)16-6-8-21-9-7-16/h2-9,15H,10-14H2,1H3. The first-order valence-corrected chi connectivity index (χ1v) is 8.99. The van der Waals surface area contributed by atoms with Crippen molar-refractivity contribution in [3.05, 3.63) is 59.9 Å². The molecule has 2 aromatic rings. The third kappa shape index (κ3) is 2.97. The Balaban J connectivity index is 1.37. The Kier molecular flexibility index (Phi) is 4.42. The molecule has 1 fully saturated rings. The van der Waals surface area contributed by atoms with Gasteiger partial charge >= 0.3 is 0 Å². The van der Waals surface area contributed by atoms with E-state index in [1.807, 2.05) is 24.5 Å². The van der Waals surface area contributed by atoms with Crippen molar-refractivity contribution in [2.45, 2.75) is 13.0 Å². The summed E-state index contributed by atoms with van der Waals surface area (Å²) in [6.07, 6.45) is 3.62. The van der Waals surface area contributed by atoms with Gasteiger partial charge in [-0.2, -0.15) is 0 Å². The Morgan fingerprint density at radius 2 is 1.50 bits per heavy atom. The molecule has 4 rings (SSSR count). The normalized spacial score (nSPS) is 19.0. The average Bonchev–Trinajstić information content (AvgIpc) is 2.94. The Morgan fingerprint density at radius 3 is 2.08 bits per heavy atom. The fourth-order valence-corrected chi connectivity index (χ4v) is 3.76. The van der Waals surface area contributed by atoms with Crippen LogP contribution in [0.4, 0.5) is 5.69 Å². The molecule has 2 aliphatic rings. The first-order valence-electron chi connectivity index (χ1n) is 8.99. The van der Waals surface area contributed by atoms with Crippen LogP contribution in [-0.2, 0) is 0 Å². The number of hydrogen-bond acceptors (Lipinski definition) is 5. The second kappa shape index (κ2) is 6.88. The van der Waals surface area contributed by atoms with E-state index in [0.717, 1.165) is 26.2 Å². The van der Waals surface area contributed by atoms with Crippen molar-refractivity contribution < 1.29 is 9.59 Å². The van der Waals surface area contributed by atoms with E-state index in [1.54, 1.807) is 24.3 Å². The SMILES string of the molecule is CC(CN1C(=O)c2ccccc2C1=O)N1CCN(c2ccncc2)CC1. The third-order valence-corrected chi connectivity index (χ3v) is 5.29. The largest absolute Gasteiger partial charge is 0.369 e. The van der Waals surface area contributed by atoms with Crippen molar-refractivity contribution in [3.63, 3.8) is 0 Å². The number of anilines is 1. The molecule has 26 heavy (non-hydrogen) atoms. The molecule has 0 saturated carbocycles. The van der Waals surface area contributed by atoms with E-state index in [2.05, 4.69) is 21.7 Å². The van der Waals surface area contributed by atoms with E-state index >= 15 is 0 Å². The van der Waals surface area contributed by atoms with E-state index in [1.165, 1.54) is 10.6 Å². The first kappa shape index (κ1) is 16.7. The van der Waals surface area contributed by atoms with Gasteiger partial charge in [-0.3, -0.25) is 24.4 Å². The van der Waals surface area contributed by atoms with Crippen LogP contribution < -0.4 is 4.90 Å². The summed E-state index contributed by atoms with van der Waals surface area (Å²) in [5.74, 6) is -0.347. The van der Waals surface area contributed by atoms with Crippen LogP contribution >= 0.6 is 0 Å². The van der Waals surface area contributed by atoms with Crippen LogP contribution in [0.3, 0.4) is 0 Å². The number of nitrogens with zero attached hydrogens (tertiary/aromatic N) is 4. The zero-order chi connectivity index (χ0) is 18.1. The Bertz CT molecular complexity index is 781. The molecule has 1 unspecified atom stereocenters. The molecule has 1 saturated heterocycles. The molecule has 0 spiro atoms. The Morgan fingerprint density at radius 1 is 0.923 bits per heavy atom. The highest BCUT2D eigenvalue weighted by Crippen LogP contribution is 2.23. The summed E-state index contributed by atoms with van der Waals surface area (Å²) in [4.78, 5) is 35.2. The molecular weight excluding hydrogens is 328 g/mol. The number of rotatable bonds is 4. The quantitative estimate of drug-likeness (QED) is 0.788. The first-order chi connectivity index (χ1) is 12.6. The van der Waals surface area contributed by atoms with Gasteiger partial charge in [0.05, 0.1) is 11.1 Å². The molecule has 0 N–H and O–H groups in total. The summed E-state index contributed by atoms with van der Waals surface area (Å²) in [7, 11) is 0. The van der Waals surface area contributed by atoms with Crippen LogP contribution in [0.15, 0.2) is 48.8 Å². The number of pyridine rings is 1. The molecule has 134 valence electrons. The van der Waals surface area contributed by atoms with Gasteiger partial charge in [-0.1, -0.05) is 12.1 Å². The van der Waals surface area contributed by atoms with Crippen molar-refractivity contribution in [1.82, 2.24) is 14.8 Å². The van der Waals surface area contributed by atoms with Crippen LogP contribution in [0.2, 0.25) is 0 Å². The summed E-state index contributed by atoms with van der Waals surface area (Å²) >= 11 is 0. The minimum absolute atomic E-state index is 0.136. The maximum absolute atomic E-state index is 12.5. The molecular formula is C20H22N4O2. The number of carbonyl (C=O) groups is 2.